The van der Waals surface area contributed by atoms with Crippen molar-refractivity contribution in [3.8, 4) is 11.4 Å². The molecular weight excluding hydrogens is 418 g/mol. The van der Waals surface area contributed by atoms with Crippen LogP contribution < -0.4 is 9.64 Å². The SMILES string of the molecule is O=C1COc2cc([N+](=O)[O-])ccc2N1Cc1cn(-c2ccc(Br)cc2)nn1. The number of nitrogens with zero attached hydrogens (tertiary/aromatic N) is 5. The summed E-state index contributed by atoms with van der Waals surface area (Å²) in [5.41, 5.74) is 1.79. The normalized spacial score (nSPS) is 13.2. The van der Waals surface area contributed by atoms with Gasteiger partial charge in [-0.1, -0.05) is 21.1 Å². The van der Waals surface area contributed by atoms with Crippen LogP contribution in [0.5, 0.6) is 5.75 Å². The lowest BCUT2D eigenvalue weighted by molar-refractivity contribution is -0.384. The number of fused-ring (bicyclic) bond motifs is 1. The number of carbonyl (C=O) groups excluding carboxylic acids is 1. The van der Waals surface area contributed by atoms with Crippen LogP contribution in [-0.4, -0.2) is 32.4 Å². The number of nitro benzene ring substituents is 1. The van der Waals surface area contributed by atoms with Gasteiger partial charge in [-0.2, -0.15) is 0 Å². The number of hydrogen-bond donors (Lipinski definition) is 0. The highest BCUT2D eigenvalue weighted by atomic mass is 79.9. The van der Waals surface area contributed by atoms with E-state index in [0.717, 1.165) is 10.2 Å². The second-order valence-electron chi connectivity index (χ2n) is 5.81. The number of halogens is 1. The molecule has 10 heteroatoms. The molecule has 3 aromatic rings. The molecule has 0 bridgehead atoms. The molecule has 2 aromatic carbocycles. The van der Waals surface area contributed by atoms with Crippen LogP contribution in [0, 0.1) is 10.1 Å². The average Bonchev–Trinajstić information content (AvgIpc) is 3.13. The van der Waals surface area contributed by atoms with Crippen molar-refractivity contribution in [1.82, 2.24) is 15.0 Å². The predicted molar refractivity (Wildman–Crippen MR) is 98.8 cm³/mol. The maximum absolute atomic E-state index is 12.3. The number of non-ortho nitro benzene ring substituents is 1. The van der Waals surface area contributed by atoms with E-state index in [9.17, 15) is 14.9 Å². The third-order valence-corrected chi connectivity index (χ3v) is 4.58. The Morgan fingerprint density at radius 2 is 2.00 bits per heavy atom. The first-order valence-electron chi connectivity index (χ1n) is 7.90. The molecule has 0 fully saturated rings. The number of aromatic nitrogens is 3. The first-order valence-corrected chi connectivity index (χ1v) is 8.69. The molecule has 1 aliphatic rings. The Morgan fingerprint density at radius 1 is 1.22 bits per heavy atom. The molecular formula is C17H12BrN5O4. The van der Waals surface area contributed by atoms with Crippen molar-refractivity contribution in [1.29, 1.82) is 0 Å². The minimum atomic E-state index is -0.506. The van der Waals surface area contributed by atoms with Gasteiger partial charge in [0.1, 0.15) is 5.69 Å². The molecule has 4 rings (SSSR count). The molecule has 1 aliphatic heterocycles. The molecule has 0 atom stereocenters. The summed E-state index contributed by atoms with van der Waals surface area (Å²) in [5, 5.41) is 19.1. The molecule has 2 heterocycles. The third kappa shape index (κ3) is 3.38. The summed E-state index contributed by atoms with van der Waals surface area (Å²) in [5.74, 6) is 0.0404. The largest absolute Gasteiger partial charge is 0.481 e. The van der Waals surface area contributed by atoms with Gasteiger partial charge >= 0.3 is 0 Å². The zero-order valence-electron chi connectivity index (χ0n) is 13.8. The average molecular weight is 430 g/mol. The Balaban J connectivity index is 1.60. The smallest absolute Gasteiger partial charge is 0.273 e. The van der Waals surface area contributed by atoms with Crippen molar-refractivity contribution in [3.63, 3.8) is 0 Å². The van der Waals surface area contributed by atoms with Gasteiger partial charge in [-0.15, -0.1) is 5.10 Å². The Hall–Kier alpha value is -3.27. The maximum Gasteiger partial charge on any atom is 0.273 e. The standard InChI is InChI=1S/C17H12BrN5O4/c18-11-1-3-13(4-2-11)22-9-12(19-20-22)8-21-15-6-5-14(23(25)26)7-16(15)27-10-17(21)24/h1-7,9H,8,10H2. The van der Waals surface area contributed by atoms with Gasteiger partial charge < -0.3 is 4.74 Å². The van der Waals surface area contributed by atoms with Crippen LogP contribution in [0.15, 0.2) is 53.1 Å². The fourth-order valence-electron chi connectivity index (χ4n) is 2.73. The fraction of sp³-hybridized carbons (Fsp3) is 0.118. The summed E-state index contributed by atoms with van der Waals surface area (Å²) >= 11 is 3.38. The summed E-state index contributed by atoms with van der Waals surface area (Å²) in [6.45, 7) is -0.00144. The predicted octanol–water partition coefficient (Wildman–Crippen LogP) is 2.86. The Labute approximate surface area is 161 Å². The van der Waals surface area contributed by atoms with Crippen LogP contribution >= 0.6 is 15.9 Å². The number of anilines is 1. The second-order valence-corrected chi connectivity index (χ2v) is 6.72. The van der Waals surface area contributed by atoms with Crippen LogP contribution in [0.3, 0.4) is 0 Å². The van der Waals surface area contributed by atoms with Gasteiger partial charge in [-0.25, -0.2) is 4.68 Å². The number of benzene rings is 2. The minimum Gasteiger partial charge on any atom is -0.481 e. The third-order valence-electron chi connectivity index (χ3n) is 4.05. The number of nitro groups is 1. The second kappa shape index (κ2) is 6.80. The number of amides is 1. The van der Waals surface area contributed by atoms with Gasteiger partial charge in [0.05, 0.1) is 35.1 Å². The lowest BCUT2D eigenvalue weighted by atomic mass is 10.2. The molecule has 0 radical (unpaired) electrons. The number of hydrogen-bond acceptors (Lipinski definition) is 6. The van der Waals surface area contributed by atoms with Gasteiger partial charge in [0.2, 0.25) is 0 Å². The number of ether oxygens (including phenoxy) is 1. The summed E-state index contributed by atoms with van der Waals surface area (Å²) in [7, 11) is 0. The van der Waals surface area contributed by atoms with E-state index < -0.39 is 4.92 Å². The van der Waals surface area contributed by atoms with Crippen molar-refractivity contribution in [2.24, 2.45) is 0 Å². The molecule has 0 unspecified atom stereocenters. The van der Waals surface area contributed by atoms with Crippen molar-refractivity contribution >= 4 is 33.2 Å². The van der Waals surface area contributed by atoms with Crippen molar-refractivity contribution in [2.75, 3.05) is 11.5 Å². The van der Waals surface area contributed by atoms with Gasteiger partial charge in [0.15, 0.2) is 12.4 Å². The van der Waals surface area contributed by atoms with Gasteiger partial charge in [0.25, 0.3) is 11.6 Å². The van der Waals surface area contributed by atoms with Gasteiger partial charge in [-0.3, -0.25) is 19.8 Å². The molecule has 1 amide bonds. The van der Waals surface area contributed by atoms with Gasteiger partial charge in [0, 0.05) is 10.5 Å². The topological polar surface area (TPSA) is 103 Å². The lowest BCUT2D eigenvalue weighted by Gasteiger charge is -2.28. The number of rotatable bonds is 4. The van der Waals surface area contributed by atoms with Crippen LogP contribution in [0.1, 0.15) is 5.69 Å². The van der Waals surface area contributed by atoms with Crippen LogP contribution in [0.25, 0.3) is 5.69 Å². The van der Waals surface area contributed by atoms with E-state index in [2.05, 4.69) is 26.2 Å². The van der Waals surface area contributed by atoms with E-state index in [1.54, 1.807) is 10.9 Å². The molecule has 0 saturated heterocycles. The van der Waals surface area contributed by atoms with Crippen molar-refractivity contribution < 1.29 is 14.5 Å². The zero-order valence-corrected chi connectivity index (χ0v) is 15.4. The Bertz CT molecular complexity index is 1030. The lowest BCUT2D eigenvalue weighted by Crippen LogP contribution is -2.38. The van der Waals surface area contributed by atoms with E-state index in [0.29, 0.717) is 17.1 Å². The molecule has 0 aliphatic carbocycles. The summed E-state index contributed by atoms with van der Waals surface area (Å²) in [6.07, 6.45) is 1.73. The van der Waals surface area contributed by atoms with E-state index >= 15 is 0 Å². The van der Waals surface area contributed by atoms with E-state index in [1.165, 1.54) is 23.1 Å². The summed E-state index contributed by atoms with van der Waals surface area (Å²) in [6, 6.07) is 11.7. The molecule has 0 N–H and O–H groups in total. The van der Waals surface area contributed by atoms with Crippen LogP contribution in [0.4, 0.5) is 11.4 Å². The van der Waals surface area contributed by atoms with Gasteiger partial charge in [-0.05, 0) is 30.3 Å². The van der Waals surface area contributed by atoms with Crippen molar-refractivity contribution in [2.45, 2.75) is 6.54 Å². The molecule has 9 nitrogen and oxygen atoms in total. The van der Waals surface area contributed by atoms with Crippen LogP contribution in [-0.2, 0) is 11.3 Å². The van der Waals surface area contributed by atoms with Crippen LogP contribution in [0.2, 0.25) is 0 Å². The van der Waals surface area contributed by atoms with E-state index in [-0.39, 0.29) is 24.7 Å². The monoisotopic (exact) mass is 429 g/mol. The zero-order chi connectivity index (χ0) is 19.0. The van der Waals surface area contributed by atoms with E-state index in [1.807, 2.05) is 24.3 Å². The molecule has 27 heavy (non-hydrogen) atoms. The molecule has 0 spiro atoms. The highest BCUT2D eigenvalue weighted by molar-refractivity contribution is 9.10. The summed E-state index contributed by atoms with van der Waals surface area (Å²) < 4.78 is 7.91. The maximum atomic E-state index is 12.3. The Kier molecular flexibility index (Phi) is 4.32. The molecule has 136 valence electrons. The highest BCUT2D eigenvalue weighted by Gasteiger charge is 2.28. The Morgan fingerprint density at radius 3 is 2.74 bits per heavy atom. The highest BCUT2D eigenvalue weighted by Crippen LogP contribution is 2.35. The van der Waals surface area contributed by atoms with E-state index in [4.69, 9.17) is 4.74 Å². The minimum absolute atomic E-state index is 0.0933. The molecule has 0 saturated carbocycles. The summed E-state index contributed by atoms with van der Waals surface area (Å²) in [4.78, 5) is 24.2. The molecule has 1 aromatic heterocycles. The number of carbonyl (C=O) groups is 1. The quantitative estimate of drug-likeness (QED) is 0.466. The first kappa shape index (κ1) is 17.2. The van der Waals surface area contributed by atoms with Crippen molar-refractivity contribution in [3.05, 3.63) is 68.9 Å². The fourth-order valence-corrected chi connectivity index (χ4v) is 3.00. The first-order chi connectivity index (χ1) is 13.0.